The predicted molar refractivity (Wildman–Crippen MR) is 71.5 cm³/mol. The van der Waals surface area contributed by atoms with Gasteiger partial charge in [0, 0.05) is 5.56 Å². The van der Waals surface area contributed by atoms with Crippen molar-refractivity contribution in [2.24, 2.45) is 0 Å². The van der Waals surface area contributed by atoms with Crippen LogP contribution in [0.25, 0.3) is 0 Å². The Bertz CT molecular complexity index is 567. The summed E-state index contributed by atoms with van der Waals surface area (Å²) in [5.74, 6) is 1.56. The number of rotatable bonds is 2. The van der Waals surface area contributed by atoms with Gasteiger partial charge in [-0.05, 0) is 49.9 Å². The van der Waals surface area contributed by atoms with Crippen LogP contribution < -0.4 is 4.74 Å². The highest BCUT2D eigenvalue weighted by Gasteiger charge is 2.15. The molecule has 0 radical (unpaired) electrons. The molecule has 0 saturated carbocycles. The zero-order valence-electron chi connectivity index (χ0n) is 10.7. The van der Waals surface area contributed by atoms with E-state index in [0.29, 0.717) is 11.6 Å². The molecule has 0 atom stereocenters. The smallest absolute Gasteiger partial charge is 0.225 e. The Labute approximate surface area is 112 Å². The standard InChI is InChI=1S/C15H16N2O2/c18-11-6-8-12(9-7-11)19-15-13-4-2-1-3-5-14(13)16-10-17-15/h6-10,18H,1-5H2. The van der Waals surface area contributed by atoms with E-state index < -0.39 is 0 Å². The van der Waals surface area contributed by atoms with E-state index in [1.54, 1.807) is 30.6 Å². The molecule has 0 fully saturated rings. The molecule has 0 saturated heterocycles. The molecule has 0 aliphatic heterocycles. The van der Waals surface area contributed by atoms with Gasteiger partial charge < -0.3 is 9.84 Å². The number of aryl methyl sites for hydroxylation is 1. The van der Waals surface area contributed by atoms with Gasteiger partial charge in [0.1, 0.15) is 17.8 Å². The third kappa shape index (κ3) is 2.67. The molecule has 1 aliphatic carbocycles. The van der Waals surface area contributed by atoms with Crippen molar-refractivity contribution in [2.45, 2.75) is 32.1 Å². The maximum absolute atomic E-state index is 9.27. The third-order valence-electron chi connectivity index (χ3n) is 3.39. The summed E-state index contributed by atoms with van der Waals surface area (Å²) in [6.45, 7) is 0. The van der Waals surface area contributed by atoms with Crippen LogP contribution in [-0.4, -0.2) is 15.1 Å². The van der Waals surface area contributed by atoms with E-state index in [1.165, 1.54) is 12.8 Å². The summed E-state index contributed by atoms with van der Waals surface area (Å²) in [5, 5.41) is 9.27. The fourth-order valence-electron chi connectivity index (χ4n) is 2.38. The molecule has 4 heteroatoms. The molecular weight excluding hydrogens is 240 g/mol. The largest absolute Gasteiger partial charge is 0.508 e. The monoisotopic (exact) mass is 256 g/mol. The van der Waals surface area contributed by atoms with Crippen molar-refractivity contribution in [1.29, 1.82) is 0 Å². The van der Waals surface area contributed by atoms with Gasteiger partial charge in [0.2, 0.25) is 5.88 Å². The Morgan fingerprint density at radius 2 is 1.74 bits per heavy atom. The molecule has 1 aliphatic rings. The Balaban J connectivity index is 1.90. The van der Waals surface area contributed by atoms with Gasteiger partial charge in [-0.25, -0.2) is 9.97 Å². The van der Waals surface area contributed by atoms with E-state index in [1.807, 2.05) is 0 Å². The van der Waals surface area contributed by atoms with E-state index in [9.17, 15) is 5.11 Å². The fourth-order valence-corrected chi connectivity index (χ4v) is 2.38. The lowest BCUT2D eigenvalue weighted by Crippen LogP contribution is -2.01. The summed E-state index contributed by atoms with van der Waals surface area (Å²) in [6.07, 6.45) is 7.12. The lowest BCUT2D eigenvalue weighted by Gasteiger charge is -2.11. The molecular formula is C15H16N2O2. The fraction of sp³-hybridized carbons (Fsp3) is 0.333. The van der Waals surface area contributed by atoms with E-state index in [2.05, 4.69) is 9.97 Å². The molecule has 1 heterocycles. The van der Waals surface area contributed by atoms with Crippen molar-refractivity contribution in [3.63, 3.8) is 0 Å². The van der Waals surface area contributed by atoms with Gasteiger partial charge in [-0.15, -0.1) is 0 Å². The first-order chi connectivity index (χ1) is 9.33. The minimum Gasteiger partial charge on any atom is -0.508 e. The molecule has 2 aromatic rings. The first kappa shape index (κ1) is 12.0. The van der Waals surface area contributed by atoms with Crippen molar-refractivity contribution in [2.75, 3.05) is 0 Å². The van der Waals surface area contributed by atoms with Gasteiger partial charge >= 0.3 is 0 Å². The molecule has 1 aromatic heterocycles. The van der Waals surface area contributed by atoms with Gasteiger partial charge in [-0.1, -0.05) is 6.42 Å². The molecule has 3 rings (SSSR count). The maximum atomic E-state index is 9.27. The zero-order chi connectivity index (χ0) is 13.1. The van der Waals surface area contributed by atoms with Crippen LogP contribution in [0.4, 0.5) is 0 Å². The van der Waals surface area contributed by atoms with Crippen molar-refractivity contribution in [1.82, 2.24) is 9.97 Å². The van der Waals surface area contributed by atoms with Crippen LogP contribution in [0, 0.1) is 0 Å². The number of aromatic hydroxyl groups is 1. The lowest BCUT2D eigenvalue weighted by atomic mass is 10.1. The Kier molecular flexibility index (Phi) is 3.31. The minimum atomic E-state index is 0.230. The summed E-state index contributed by atoms with van der Waals surface area (Å²) in [4.78, 5) is 8.62. The first-order valence-corrected chi connectivity index (χ1v) is 6.62. The molecule has 1 aromatic carbocycles. The maximum Gasteiger partial charge on any atom is 0.225 e. The number of benzene rings is 1. The summed E-state index contributed by atoms with van der Waals surface area (Å²) in [6, 6.07) is 6.69. The van der Waals surface area contributed by atoms with Crippen molar-refractivity contribution in [3.05, 3.63) is 41.9 Å². The number of hydrogen-bond acceptors (Lipinski definition) is 4. The van der Waals surface area contributed by atoms with Crippen LogP contribution in [0.5, 0.6) is 17.4 Å². The summed E-state index contributed by atoms with van der Waals surface area (Å²) in [7, 11) is 0. The highest BCUT2D eigenvalue weighted by Crippen LogP contribution is 2.29. The Morgan fingerprint density at radius 3 is 2.58 bits per heavy atom. The lowest BCUT2D eigenvalue weighted by molar-refractivity contribution is 0.446. The highest BCUT2D eigenvalue weighted by molar-refractivity contribution is 5.37. The Hall–Kier alpha value is -2.10. The summed E-state index contributed by atoms with van der Waals surface area (Å²) >= 11 is 0. The van der Waals surface area contributed by atoms with Gasteiger partial charge in [0.25, 0.3) is 0 Å². The molecule has 0 amide bonds. The average Bonchev–Trinajstić information content (AvgIpc) is 2.67. The van der Waals surface area contributed by atoms with Crippen molar-refractivity contribution in [3.8, 4) is 17.4 Å². The molecule has 98 valence electrons. The Morgan fingerprint density at radius 1 is 0.947 bits per heavy atom. The van der Waals surface area contributed by atoms with Gasteiger partial charge in [-0.3, -0.25) is 0 Å². The molecule has 4 nitrogen and oxygen atoms in total. The average molecular weight is 256 g/mol. The number of hydrogen-bond donors (Lipinski definition) is 1. The first-order valence-electron chi connectivity index (χ1n) is 6.62. The van der Waals surface area contributed by atoms with Crippen LogP contribution >= 0.6 is 0 Å². The van der Waals surface area contributed by atoms with Crippen LogP contribution in [0.2, 0.25) is 0 Å². The van der Waals surface area contributed by atoms with E-state index in [0.717, 1.165) is 30.5 Å². The molecule has 0 unspecified atom stereocenters. The van der Waals surface area contributed by atoms with Crippen molar-refractivity contribution >= 4 is 0 Å². The zero-order valence-corrected chi connectivity index (χ0v) is 10.7. The molecule has 0 bridgehead atoms. The second kappa shape index (κ2) is 5.26. The van der Waals surface area contributed by atoms with Crippen LogP contribution in [0.15, 0.2) is 30.6 Å². The van der Waals surface area contributed by atoms with Gasteiger partial charge in [0.05, 0.1) is 5.69 Å². The number of aromatic nitrogens is 2. The normalized spacial score (nSPS) is 14.5. The van der Waals surface area contributed by atoms with E-state index in [4.69, 9.17) is 4.74 Å². The van der Waals surface area contributed by atoms with Crippen LogP contribution in [0.3, 0.4) is 0 Å². The molecule has 1 N–H and O–H groups in total. The number of phenols is 1. The van der Waals surface area contributed by atoms with Crippen LogP contribution in [0.1, 0.15) is 30.5 Å². The molecule has 19 heavy (non-hydrogen) atoms. The quantitative estimate of drug-likeness (QED) is 0.838. The highest BCUT2D eigenvalue weighted by atomic mass is 16.5. The summed E-state index contributed by atoms with van der Waals surface area (Å²) < 4.78 is 5.83. The van der Waals surface area contributed by atoms with E-state index >= 15 is 0 Å². The number of nitrogens with zero attached hydrogens (tertiary/aromatic N) is 2. The minimum absolute atomic E-state index is 0.230. The number of ether oxygens (including phenoxy) is 1. The second-order valence-corrected chi connectivity index (χ2v) is 4.76. The van der Waals surface area contributed by atoms with Gasteiger partial charge in [0.15, 0.2) is 0 Å². The molecule has 0 spiro atoms. The third-order valence-corrected chi connectivity index (χ3v) is 3.39. The van der Waals surface area contributed by atoms with E-state index in [-0.39, 0.29) is 5.75 Å². The number of fused-ring (bicyclic) bond motifs is 1. The number of phenolic OH excluding ortho intramolecular Hbond substituents is 1. The topological polar surface area (TPSA) is 55.2 Å². The van der Waals surface area contributed by atoms with Crippen molar-refractivity contribution < 1.29 is 9.84 Å². The predicted octanol–water partition coefficient (Wildman–Crippen LogP) is 3.24. The summed E-state index contributed by atoms with van der Waals surface area (Å²) in [5.41, 5.74) is 2.24. The van der Waals surface area contributed by atoms with Gasteiger partial charge in [-0.2, -0.15) is 0 Å². The second-order valence-electron chi connectivity index (χ2n) is 4.76. The SMILES string of the molecule is Oc1ccc(Oc2ncnc3c2CCCCC3)cc1. The van der Waals surface area contributed by atoms with Crippen LogP contribution in [-0.2, 0) is 12.8 Å².